The van der Waals surface area contributed by atoms with Crippen molar-refractivity contribution >= 4 is 11.9 Å². The van der Waals surface area contributed by atoms with Crippen molar-refractivity contribution in [1.29, 1.82) is 0 Å². The lowest BCUT2D eigenvalue weighted by Gasteiger charge is -2.21. The molecule has 3 nitrogen and oxygen atoms in total. The molecule has 1 heterocycles. The largest absolute Gasteiger partial charge is 0.297 e. The van der Waals surface area contributed by atoms with E-state index in [4.69, 9.17) is 0 Å². The first-order valence-electron chi connectivity index (χ1n) is 4.61. The van der Waals surface area contributed by atoms with Crippen LogP contribution in [0.4, 0.5) is 5.69 Å². The van der Waals surface area contributed by atoms with Gasteiger partial charge in [0.1, 0.15) is 6.67 Å². The third-order valence-corrected chi connectivity index (χ3v) is 1.98. The Morgan fingerprint density at radius 2 is 2.36 bits per heavy atom. The van der Waals surface area contributed by atoms with E-state index in [1.807, 2.05) is 29.4 Å². The van der Waals surface area contributed by atoms with E-state index in [0.717, 1.165) is 5.69 Å². The minimum Gasteiger partial charge on any atom is -0.297 e. The second-order valence-electron chi connectivity index (χ2n) is 3.27. The summed E-state index contributed by atoms with van der Waals surface area (Å²) < 4.78 is 0. The van der Waals surface area contributed by atoms with Crippen molar-refractivity contribution in [1.82, 2.24) is 5.01 Å². The zero-order valence-corrected chi connectivity index (χ0v) is 8.14. The highest BCUT2D eigenvalue weighted by Crippen LogP contribution is 2.11. The van der Waals surface area contributed by atoms with Gasteiger partial charge < -0.3 is 0 Å². The highest BCUT2D eigenvalue weighted by atomic mass is 15.5. The highest BCUT2D eigenvalue weighted by molar-refractivity contribution is 5.71. The van der Waals surface area contributed by atoms with Crippen LogP contribution >= 0.6 is 0 Å². The van der Waals surface area contributed by atoms with E-state index in [0.29, 0.717) is 6.67 Å². The molecule has 0 bridgehead atoms. The van der Waals surface area contributed by atoms with E-state index in [1.165, 1.54) is 5.56 Å². The van der Waals surface area contributed by atoms with Gasteiger partial charge in [-0.25, -0.2) is 0 Å². The van der Waals surface area contributed by atoms with Gasteiger partial charge in [0.05, 0.1) is 5.69 Å². The second kappa shape index (κ2) is 3.96. The molecule has 1 aliphatic rings. The lowest BCUT2D eigenvalue weighted by molar-refractivity contribution is 0.461. The fraction of sp³-hybridized carbons (Fsp3) is 0.182. The maximum absolute atomic E-state index is 4.13. The van der Waals surface area contributed by atoms with Gasteiger partial charge in [-0.1, -0.05) is 12.1 Å². The highest BCUT2D eigenvalue weighted by Gasteiger charge is 1.99. The second-order valence-corrected chi connectivity index (χ2v) is 3.27. The molecule has 0 aromatic heterocycles. The number of aliphatic imine (C=N–C) groups is 1. The summed E-state index contributed by atoms with van der Waals surface area (Å²) in [5, 5.41) is 1.94. The van der Waals surface area contributed by atoms with E-state index in [2.05, 4.69) is 29.5 Å². The maximum atomic E-state index is 4.13. The Bertz CT molecular complexity index is 369. The van der Waals surface area contributed by atoms with Gasteiger partial charge in [-0.05, 0) is 30.7 Å². The van der Waals surface area contributed by atoms with E-state index in [1.54, 1.807) is 6.21 Å². The van der Waals surface area contributed by atoms with Gasteiger partial charge in [-0.15, -0.1) is 0 Å². The average molecular weight is 187 g/mol. The molecule has 0 unspecified atom stereocenters. The first-order chi connectivity index (χ1) is 6.84. The fourth-order valence-electron chi connectivity index (χ4n) is 1.34. The van der Waals surface area contributed by atoms with Crippen LogP contribution in [0.15, 0.2) is 41.5 Å². The van der Waals surface area contributed by atoms with Gasteiger partial charge in [0, 0.05) is 12.4 Å². The van der Waals surface area contributed by atoms with E-state index in [9.17, 15) is 0 Å². The first-order valence-corrected chi connectivity index (χ1v) is 4.61. The molecule has 72 valence electrons. The van der Waals surface area contributed by atoms with Crippen LogP contribution in [0.2, 0.25) is 0 Å². The Kier molecular flexibility index (Phi) is 2.49. The SMILES string of the molecule is Cc1cccc(NN2C=CC=NC2)c1. The van der Waals surface area contributed by atoms with Gasteiger partial charge in [-0.2, -0.15) is 0 Å². The zero-order valence-electron chi connectivity index (χ0n) is 8.14. The van der Waals surface area contributed by atoms with Crippen LogP contribution in [0, 0.1) is 6.92 Å². The lowest BCUT2D eigenvalue weighted by Crippen LogP contribution is -2.26. The number of hydrogen-bond donors (Lipinski definition) is 1. The van der Waals surface area contributed by atoms with Crippen LogP contribution in [0.1, 0.15) is 5.56 Å². The van der Waals surface area contributed by atoms with Crippen molar-refractivity contribution in [2.24, 2.45) is 4.99 Å². The molecule has 0 fully saturated rings. The predicted octanol–water partition coefficient (Wildman–Crippen LogP) is 2.18. The fourth-order valence-corrected chi connectivity index (χ4v) is 1.34. The molecule has 1 N–H and O–H groups in total. The number of hydrogen-bond acceptors (Lipinski definition) is 3. The minimum atomic E-state index is 0.657. The summed E-state index contributed by atoms with van der Waals surface area (Å²) in [4.78, 5) is 4.13. The molecule has 0 saturated carbocycles. The number of nitrogens with one attached hydrogen (secondary N) is 1. The molecule has 14 heavy (non-hydrogen) atoms. The summed E-state index contributed by atoms with van der Waals surface area (Å²) in [7, 11) is 0. The summed E-state index contributed by atoms with van der Waals surface area (Å²) >= 11 is 0. The molecular formula is C11H13N3. The molecule has 0 radical (unpaired) electrons. The Balaban J connectivity index is 2.04. The zero-order chi connectivity index (χ0) is 9.80. The van der Waals surface area contributed by atoms with Crippen LogP contribution in [-0.4, -0.2) is 17.9 Å². The molecule has 2 rings (SSSR count). The smallest absolute Gasteiger partial charge is 0.129 e. The molecule has 3 heteroatoms. The number of nitrogens with zero attached hydrogens (tertiary/aromatic N) is 2. The molecule has 0 spiro atoms. The molecule has 0 aliphatic carbocycles. The van der Waals surface area contributed by atoms with Crippen LogP contribution in [0.5, 0.6) is 0 Å². The summed E-state index contributed by atoms with van der Waals surface area (Å²) in [5.74, 6) is 0. The lowest BCUT2D eigenvalue weighted by atomic mass is 10.2. The van der Waals surface area contributed by atoms with Crippen LogP contribution in [0.25, 0.3) is 0 Å². The topological polar surface area (TPSA) is 27.6 Å². The minimum absolute atomic E-state index is 0.657. The van der Waals surface area contributed by atoms with Gasteiger partial charge >= 0.3 is 0 Å². The quantitative estimate of drug-likeness (QED) is 0.768. The molecule has 0 amide bonds. The van der Waals surface area contributed by atoms with Gasteiger partial charge in [0.15, 0.2) is 0 Å². The molecule has 1 aromatic carbocycles. The first kappa shape index (κ1) is 8.81. The molecular weight excluding hydrogens is 174 g/mol. The van der Waals surface area contributed by atoms with Gasteiger partial charge in [0.2, 0.25) is 0 Å². The Hall–Kier alpha value is -1.77. The summed E-state index contributed by atoms with van der Waals surface area (Å²) in [5.41, 5.74) is 5.59. The van der Waals surface area contributed by atoms with E-state index in [-0.39, 0.29) is 0 Å². The van der Waals surface area contributed by atoms with Crippen LogP contribution in [0.3, 0.4) is 0 Å². The number of benzene rings is 1. The number of anilines is 1. The Labute approximate surface area is 83.7 Å². The molecule has 0 atom stereocenters. The monoisotopic (exact) mass is 187 g/mol. The molecule has 1 aromatic rings. The van der Waals surface area contributed by atoms with Crippen molar-refractivity contribution in [3.8, 4) is 0 Å². The van der Waals surface area contributed by atoms with Gasteiger partial charge in [-0.3, -0.25) is 15.4 Å². The van der Waals surface area contributed by atoms with E-state index < -0.39 is 0 Å². The van der Waals surface area contributed by atoms with Crippen molar-refractivity contribution in [2.75, 3.05) is 12.1 Å². The normalized spacial score (nSPS) is 14.5. The van der Waals surface area contributed by atoms with Crippen molar-refractivity contribution < 1.29 is 0 Å². The maximum Gasteiger partial charge on any atom is 0.129 e. The van der Waals surface area contributed by atoms with Gasteiger partial charge in [0.25, 0.3) is 0 Å². The average Bonchev–Trinajstić information content (AvgIpc) is 2.19. The van der Waals surface area contributed by atoms with E-state index >= 15 is 0 Å². The number of hydrazine groups is 1. The van der Waals surface area contributed by atoms with Crippen molar-refractivity contribution in [3.05, 3.63) is 42.1 Å². The molecule has 0 saturated heterocycles. The van der Waals surface area contributed by atoms with Crippen molar-refractivity contribution in [3.63, 3.8) is 0 Å². The summed E-state index contributed by atoms with van der Waals surface area (Å²) in [6.07, 6.45) is 5.68. The summed E-state index contributed by atoms with van der Waals surface area (Å²) in [6.45, 7) is 2.74. The third-order valence-electron chi connectivity index (χ3n) is 1.98. The predicted molar refractivity (Wildman–Crippen MR) is 59.1 cm³/mol. The Morgan fingerprint density at radius 3 is 3.07 bits per heavy atom. The third kappa shape index (κ3) is 2.13. The number of allylic oxidation sites excluding steroid dienone is 1. The standard InChI is InChI=1S/C11H13N3/c1-10-4-2-5-11(8-10)13-14-7-3-6-12-9-14/h2-8,13H,9H2,1H3. The van der Waals surface area contributed by atoms with Crippen LogP contribution in [-0.2, 0) is 0 Å². The van der Waals surface area contributed by atoms with Crippen molar-refractivity contribution in [2.45, 2.75) is 6.92 Å². The number of aryl methyl sites for hydroxylation is 1. The molecule has 1 aliphatic heterocycles. The number of rotatable bonds is 2. The summed E-state index contributed by atoms with van der Waals surface area (Å²) in [6, 6.07) is 8.26. The van der Waals surface area contributed by atoms with Crippen LogP contribution < -0.4 is 5.43 Å². The Morgan fingerprint density at radius 1 is 1.43 bits per heavy atom.